The van der Waals surface area contributed by atoms with Crippen LogP contribution >= 0.6 is 0 Å². The molecule has 4 aromatic carbocycles. The van der Waals surface area contributed by atoms with E-state index in [1.165, 1.54) is 43.8 Å². The zero-order valence-electron chi connectivity index (χ0n) is 18.0. The molecule has 4 aromatic rings. The highest BCUT2D eigenvalue weighted by molar-refractivity contribution is 5.97. The third kappa shape index (κ3) is 3.76. The molecular weight excluding hydrogens is 348 g/mol. The minimum Gasteiger partial charge on any atom is -0.103 e. The van der Waals surface area contributed by atoms with Gasteiger partial charge in [0, 0.05) is 5.41 Å². The second kappa shape index (κ2) is 8.49. The average molecular weight is 379 g/mol. The third-order valence-electron chi connectivity index (χ3n) is 5.41. The standard InChI is InChI=1S/C23H18.2C3H6/c1-23(2)21-13-17-9-5-3-7-15(17)11-19(21)20-12-16-8-4-6-10-18(16)14-22(20)23;2*1-3-2/h3-14H,1-2H3;2*3H,1H2,2H3. The molecule has 0 aliphatic heterocycles. The van der Waals surface area contributed by atoms with Gasteiger partial charge in [-0.3, -0.25) is 0 Å². The van der Waals surface area contributed by atoms with Gasteiger partial charge < -0.3 is 0 Å². The van der Waals surface area contributed by atoms with Crippen molar-refractivity contribution < 1.29 is 0 Å². The molecule has 0 amide bonds. The van der Waals surface area contributed by atoms with Crippen molar-refractivity contribution in [3.8, 4) is 11.1 Å². The zero-order chi connectivity index (χ0) is 21.0. The fourth-order valence-electron chi connectivity index (χ4n) is 4.11. The molecule has 0 atom stereocenters. The van der Waals surface area contributed by atoms with E-state index in [-0.39, 0.29) is 5.41 Å². The van der Waals surface area contributed by atoms with Gasteiger partial charge in [-0.05, 0) is 81.9 Å². The highest BCUT2D eigenvalue weighted by Crippen LogP contribution is 2.50. The van der Waals surface area contributed by atoms with Crippen LogP contribution in [0.5, 0.6) is 0 Å². The minimum absolute atomic E-state index is 0.0543. The summed E-state index contributed by atoms with van der Waals surface area (Å²) in [4.78, 5) is 0. The zero-order valence-corrected chi connectivity index (χ0v) is 18.0. The van der Waals surface area contributed by atoms with E-state index in [9.17, 15) is 0 Å². The molecule has 0 spiro atoms. The van der Waals surface area contributed by atoms with Crippen LogP contribution in [-0.2, 0) is 5.41 Å². The van der Waals surface area contributed by atoms with Gasteiger partial charge in [0.05, 0.1) is 0 Å². The molecule has 0 saturated carbocycles. The molecule has 1 aliphatic rings. The molecule has 146 valence electrons. The van der Waals surface area contributed by atoms with Gasteiger partial charge in [0.25, 0.3) is 0 Å². The maximum absolute atomic E-state index is 3.36. The van der Waals surface area contributed by atoms with E-state index >= 15 is 0 Å². The van der Waals surface area contributed by atoms with Gasteiger partial charge in [0.1, 0.15) is 0 Å². The topological polar surface area (TPSA) is 0 Å². The Bertz CT molecular complexity index is 1080. The first-order valence-electron chi connectivity index (χ1n) is 10.2. The smallest absolute Gasteiger partial charge is 0.0159 e. The maximum atomic E-state index is 3.36. The van der Waals surface area contributed by atoms with Crippen LogP contribution in [0.25, 0.3) is 32.7 Å². The number of rotatable bonds is 0. The van der Waals surface area contributed by atoms with Gasteiger partial charge >= 0.3 is 0 Å². The largest absolute Gasteiger partial charge is 0.103 e. The highest BCUT2D eigenvalue weighted by atomic mass is 14.4. The Morgan fingerprint density at radius 3 is 1.17 bits per heavy atom. The third-order valence-corrected chi connectivity index (χ3v) is 5.41. The minimum atomic E-state index is 0.0543. The molecule has 0 heteroatoms. The fourth-order valence-corrected chi connectivity index (χ4v) is 4.11. The Kier molecular flexibility index (Phi) is 6.03. The van der Waals surface area contributed by atoms with Crippen LogP contribution in [0.2, 0.25) is 0 Å². The first-order chi connectivity index (χ1) is 14.0. The summed E-state index contributed by atoms with van der Waals surface area (Å²) in [7, 11) is 0. The van der Waals surface area contributed by atoms with E-state index in [0.717, 1.165) is 0 Å². The Balaban J connectivity index is 0.000000361. The Morgan fingerprint density at radius 1 is 0.586 bits per heavy atom. The summed E-state index contributed by atoms with van der Waals surface area (Å²) in [5, 5.41) is 5.31. The number of hydrogen-bond donors (Lipinski definition) is 0. The van der Waals surface area contributed by atoms with Crippen molar-refractivity contribution in [2.24, 2.45) is 0 Å². The quantitative estimate of drug-likeness (QED) is 0.268. The maximum Gasteiger partial charge on any atom is 0.0159 e. The van der Waals surface area contributed by atoms with Crippen LogP contribution < -0.4 is 0 Å². The molecule has 0 nitrogen and oxygen atoms in total. The van der Waals surface area contributed by atoms with Crippen molar-refractivity contribution in [2.45, 2.75) is 33.1 Å². The fraction of sp³-hybridized carbons (Fsp3) is 0.172. The molecule has 0 heterocycles. The molecule has 5 rings (SSSR count). The average Bonchev–Trinajstić information content (AvgIpc) is 2.92. The lowest BCUT2D eigenvalue weighted by atomic mass is 9.81. The van der Waals surface area contributed by atoms with Crippen LogP contribution in [0.15, 0.2) is 98.1 Å². The van der Waals surface area contributed by atoms with E-state index < -0.39 is 0 Å². The van der Waals surface area contributed by atoms with Crippen molar-refractivity contribution in [3.63, 3.8) is 0 Å². The van der Waals surface area contributed by atoms with Gasteiger partial charge in [0.15, 0.2) is 0 Å². The highest BCUT2D eigenvalue weighted by Gasteiger charge is 2.35. The van der Waals surface area contributed by atoms with Crippen LogP contribution in [-0.4, -0.2) is 0 Å². The lowest BCUT2D eigenvalue weighted by Crippen LogP contribution is -2.14. The van der Waals surface area contributed by atoms with Crippen molar-refractivity contribution >= 4 is 21.5 Å². The number of hydrogen-bond acceptors (Lipinski definition) is 0. The molecule has 0 N–H and O–H groups in total. The van der Waals surface area contributed by atoms with Crippen LogP contribution in [0, 0.1) is 0 Å². The molecule has 0 radical (unpaired) electrons. The summed E-state index contributed by atoms with van der Waals surface area (Å²) in [5.41, 5.74) is 5.74. The molecule has 0 saturated heterocycles. The molecule has 29 heavy (non-hydrogen) atoms. The van der Waals surface area contributed by atoms with E-state index in [4.69, 9.17) is 0 Å². The molecule has 0 fully saturated rings. The van der Waals surface area contributed by atoms with Gasteiger partial charge in [-0.1, -0.05) is 74.5 Å². The molecule has 0 bridgehead atoms. The molecular formula is C29H30. The normalized spacial score (nSPS) is 12.7. The predicted molar refractivity (Wildman–Crippen MR) is 131 cm³/mol. The summed E-state index contributed by atoms with van der Waals surface area (Å²) >= 11 is 0. The molecule has 0 unspecified atom stereocenters. The van der Waals surface area contributed by atoms with E-state index in [2.05, 4.69) is 99.8 Å². The summed E-state index contributed by atoms with van der Waals surface area (Å²) in [6.45, 7) is 15.2. The number of benzene rings is 4. The SMILES string of the molecule is C=CC.C=CC.CC1(C)c2cc3ccccc3cc2-c2cc3ccccc3cc21. The van der Waals surface area contributed by atoms with E-state index in [1.54, 1.807) is 12.2 Å². The second-order valence-corrected chi connectivity index (χ2v) is 7.93. The first kappa shape index (κ1) is 20.6. The van der Waals surface area contributed by atoms with Gasteiger partial charge in [-0.25, -0.2) is 0 Å². The molecule has 0 aromatic heterocycles. The van der Waals surface area contributed by atoms with Gasteiger partial charge in [-0.15, -0.1) is 13.2 Å². The lowest BCUT2D eigenvalue weighted by molar-refractivity contribution is 0.662. The monoisotopic (exact) mass is 378 g/mol. The summed E-state index contributed by atoms with van der Waals surface area (Å²) in [6.07, 6.45) is 3.50. The van der Waals surface area contributed by atoms with Crippen LogP contribution in [0.3, 0.4) is 0 Å². The number of allylic oxidation sites excluding steroid dienone is 2. The van der Waals surface area contributed by atoms with Crippen molar-refractivity contribution in [1.29, 1.82) is 0 Å². The predicted octanol–water partition coefficient (Wildman–Crippen LogP) is 8.68. The van der Waals surface area contributed by atoms with E-state index in [1.807, 2.05) is 13.8 Å². The Hall–Kier alpha value is -3.12. The second-order valence-electron chi connectivity index (χ2n) is 7.93. The number of fused-ring (bicyclic) bond motifs is 5. The van der Waals surface area contributed by atoms with Crippen molar-refractivity contribution in [1.82, 2.24) is 0 Å². The lowest BCUT2D eigenvalue weighted by Gasteiger charge is -2.22. The van der Waals surface area contributed by atoms with Crippen LogP contribution in [0.1, 0.15) is 38.8 Å². The molecule has 1 aliphatic carbocycles. The Labute approximate surface area is 175 Å². The summed E-state index contributed by atoms with van der Waals surface area (Å²) in [5.74, 6) is 0. The van der Waals surface area contributed by atoms with E-state index in [0.29, 0.717) is 0 Å². The summed E-state index contributed by atoms with van der Waals surface area (Å²) < 4.78 is 0. The van der Waals surface area contributed by atoms with Crippen molar-refractivity contribution in [2.75, 3.05) is 0 Å². The van der Waals surface area contributed by atoms with Gasteiger partial charge in [0.2, 0.25) is 0 Å². The van der Waals surface area contributed by atoms with Gasteiger partial charge in [-0.2, -0.15) is 0 Å². The Morgan fingerprint density at radius 2 is 0.862 bits per heavy atom. The van der Waals surface area contributed by atoms with Crippen LogP contribution in [0.4, 0.5) is 0 Å². The first-order valence-corrected chi connectivity index (χ1v) is 10.2. The summed E-state index contributed by atoms with van der Waals surface area (Å²) in [6, 6.07) is 26.8. The van der Waals surface area contributed by atoms with Crippen molar-refractivity contribution in [3.05, 3.63) is 109 Å².